The van der Waals surface area contributed by atoms with E-state index in [2.05, 4.69) is 88.1 Å². The van der Waals surface area contributed by atoms with Gasteiger partial charge in [0, 0.05) is 23.1 Å². The van der Waals surface area contributed by atoms with Crippen LogP contribution in [-0.2, 0) is 12.8 Å². The van der Waals surface area contributed by atoms with Crippen LogP contribution in [0.5, 0.6) is 0 Å². The Morgan fingerprint density at radius 3 is 1.61 bits per heavy atom. The van der Waals surface area contributed by atoms with Crippen molar-refractivity contribution in [2.24, 2.45) is 0 Å². The first-order valence-corrected chi connectivity index (χ1v) is 18.3. The second-order valence-electron chi connectivity index (χ2n) is 12.8. The number of allylic oxidation sites excluding steroid dienone is 2. The summed E-state index contributed by atoms with van der Waals surface area (Å²) in [6, 6.07) is 17.8. The van der Waals surface area contributed by atoms with Gasteiger partial charge < -0.3 is 5.53 Å². The van der Waals surface area contributed by atoms with Gasteiger partial charge in [0.15, 0.2) is 0 Å². The number of hydrogen-bond donors (Lipinski definition) is 0. The molecule has 0 saturated heterocycles. The third-order valence-electron chi connectivity index (χ3n) is 8.94. The molecular weight excluding hydrogens is 532 g/mol. The molecule has 0 radical (unpaired) electrons. The SMILES string of the molecule is CCCCCCC#CC1=C(c2cccc(CCCCC)c2)[N+](=[N-])C(c2cccc(CCCCC)c2)=C1CCCCCCCC. The summed E-state index contributed by atoms with van der Waals surface area (Å²) in [5, 5.41) is 0. The van der Waals surface area contributed by atoms with Crippen LogP contribution in [-0.4, -0.2) is 4.70 Å². The van der Waals surface area contributed by atoms with E-state index in [1.54, 1.807) is 0 Å². The van der Waals surface area contributed by atoms with Gasteiger partial charge in [-0.3, -0.25) is 0 Å². The fourth-order valence-electron chi connectivity index (χ4n) is 6.33. The van der Waals surface area contributed by atoms with Gasteiger partial charge in [0.2, 0.25) is 11.4 Å². The van der Waals surface area contributed by atoms with Crippen molar-refractivity contribution in [2.75, 3.05) is 0 Å². The summed E-state index contributed by atoms with van der Waals surface area (Å²) in [5.74, 6) is 7.20. The Hall–Kier alpha value is -2.92. The van der Waals surface area contributed by atoms with Crippen molar-refractivity contribution < 1.29 is 4.70 Å². The van der Waals surface area contributed by atoms with Gasteiger partial charge in [-0.1, -0.05) is 141 Å². The molecule has 0 saturated carbocycles. The van der Waals surface area contributed by atoms with Gasteiger partial charge in [-0.05, 0) is 80.3 Å². The highest BCUT2D eigenvalue weighted by atomic mass is 15.2. The van der Waals surface area contributed by atoms with E-state index in [0.29, 0.717) is 0 Å². The fraction of sp³-hybridized carbons (Fsp3) is 0.571. The zero-order chi connectivity index (χ0) is 31.4. The van der Waals surface area contributed by atoms with Crippen LogP contribution in [0.1, 0.15) is 166 Å². The minimum Gasteiger partial charge on any atom is -0.493 e. The zero-order valence-corrected chi connectivity index (χ0v) is 28.7. The maximum Gasteiger partial charge on any atom is 0.223 e. The van der Waals surface area contributed by atoms with Crippen molar-refractivity contribution >= 4 is 11.4 Å². The van der Waals surface area contributed by atoms with Gasteiger partial charge in [0.25, 0.3) is 0 Å². The molecule has 0 spiro atoms. The van der Waals surface area contributed by atoms with Gasteiger partial charge in [0.05, 0.1) is 0 Å². The monoisotopic (exact) mass is 592 g/mol. The van der Waals surface area contributed by atoms with E-state index in [0.717, 1.165) is 66.6 Å². The number of hydrogen-bond acceptors (Lipinski definition) is 0. The predicted molar refractivity (Wildman–Crippen MR) is 191 cm³/mol. The molecule has 2 heteroatoms. The Labute approximate surface area is 270 Å². The Morgan fingerprint density at radius 1 is 0.545 bits per heavy atom. The van der Waals surface area contributed by atoms with Crippen molar-refractivity contribution in [2.45, 2.75) is 156 Å². The summed E-state index contributed by atoms with van der Waals surface area (Å²) in [6.45, 7) is 9.05. The molecule has 1 heterocycles. The van der Waals surface area contributed by atoms with Crippen molar-refractivity contribution in [3.05, 3.63) is 87.5 Å². The van der Waals surface area contributed by atoms with Crippen LogP contribution in [0, 0.1) is 11.8 Å². The lowest BCUT2D eigenvalue weighted by molar-refractivity contribution is -0.345. The van der Waals surface area contributed by atoms with E-state index >= 15 is 0 Å². The van der Waals surface area contributed by atoms with Crippen LogP contribution in [0.15, 0.2) is 59.7 Å². The van der Waals surface area contributed by atoms with E-state index in [4.69, 9.17) is 0 Å². The summed E-state index contributed by atoms with van der Waals surface area (Å²) in [5.41, 5.74) is 21.1. The van der Waals surface area contributed by atoms with Crippen molar-refractivity contribution in [3.63, 3.8) is 0 Å². The smallest absolute Gasteiger partial charge is 0.223 e. The molecule has 1 aliphatic rings. The molecular formula is C42H60N2. The quantitative estimate of drug-likeness (QED) is 0.0782. The highest BCUT2D eigenvalue weighted by molar-refractivity contribution is 5.85. The van der Waals surface area contributed by atoms with Crippen molar-refractivity contribution in [1.29, 1.82) is 0 Å². The van der Waals surface area contributed by atoms with Crippen LogP contribution in [0.3, 0.4) is 0 Å². The molecule has 44 heavy (non-hydrogen) atoms. The number of unbranched alkanes of at least 4 members (excludes halogenated alkanes) is 13. The summed E-state index contributed by atoms with van der Waals surface area (Å²) in [4.78, 5) is 0. The molecule has 2 aromatic rings. The number of benzene rings is 2. The third-order valence-corrected chi connectivity index (χ3v) is 8.94. The molecule has 2 aromatic carbocycles. The molecule has 1 aliphatic heterocycles. The second-order valence-corrected chi connectivity index (χ2v) is 12.8. The Morgan fingerprint density at radius 2 is 1.02 bits per heavy atom. The first-order valence-electron chi connectivity index (χ1n) is 18.3. The largest absolute Gasteiger partial charge is 0.493 e. The van der Waals surface area contributed by atoms with Gasteiger partial charge in [-0.2, -0.15) is 0 Å². The molecule has 238 valence electrons. The maximum absolute atomic E-state index is 12.1. The minimum absolute atomic E-state index is 0.871. The third kappa shape index (κ3) is 11.2. The number of nitrogens with zero attached hydrogens (tertiary/aromatic N) is 2. The molecule has 0 bridgehead atoms. The van der Waals surface area contributed by atoms with Crippen LogP contribution in [0.4, 0.5) is 0 Å². The molecule has 2 nitrogen and oxygen atoms in total. The van der Waals surface area contributed by atoms with Gasteiger partial charge in [-0.25, -0.2) is 4.70 Å². The van der Waals surface area contributed by atoms with Crippen LogP contribution >= 0.6 is 0 Å². The second kappa shape index (κ2) is 20.9. The molecule has 0 amide bonds. The van der Waals surface area contributed by atoms with Crippen LogP contribution in [0.25, 0.3) is 16.9 Å². The summed E-state index contributed by atoms with van der Waals surface area (Å²) < 4.78 is 1.50. The molecule has 0 aliphatic carbocycles. The maximum atomic E-state index is 12.1. The zero-order valence-electron chi connectivity index (χ0n) is 28.7. The topological polar surface area (TPSA) is 25.3 Å². The number of rotatable bonds is 21. The van der Waals surface area contributed by atoms with Crippen LogP contribution < -0.4 is 0 Å². The lowest BCUT2D eigenvalue weighted by Crippen LogP contribution is -2.03. The first-order chi connectivity index (χ1) is 21.6. The molecule has 3 rings (SSSR count). The molecule has 0 fully saturated rings. The summed E-state index contributed by atoms with van der Waals surface area (Å²) in [6.07, 6.45) is 23.8. The van der Waals surface area contributed by atoms with E-state index in [9.17, 15) is 5.53 Å². The molecule has 0 unspecified atom stereocenters. The van der Waals surface area contributed by atoms with Crippen molar-refractivity contribution in [1.82, 2.24) is 0 Å². The molecule has 0 atom stereocenters. The minimum atomic E-state index is 0.871. The van der Waals surface area contributed by atoms with Gasteiger partial charge in [0.1, 0.15) is 5.57 Å². The van der Waals surface area contributed by atoms with Crippen molar-refractivity contribution in [3.8, 4) is 11.8 Å². The van der Waals surface area contributed by atoms with E-state index in [1.807, 2.05) is 0 Å². The fourth-order valence-corrected chi connectivity index (χ4v) is 6.33. The Balaban J connectivity index is 2.05. The Kier molecular flexibility index (Phi) is 16.9. The predicted octanol–water partition coefficient (Wildman–Crippen LogP) is 13.0. The number of aryl methyl sites for hydroxylation is 2. The first kappa shape index (κ1) is 35.6. The molecule has 0 aromatic heterocycles. The Bertz CT molecular complexity index is 1280. The highest BCUT2D eigenvalue weighted by Crippen LogP contribution is 2.42. The average Bonchev–Trinajstić information content (AvgIpc) is 3.31. The van der Waals surface area contributed by atoms with Crippen LogP contribution in [0.2, 0.25) is 0 Å². The van der Waals surface area contributed by atoms with E-state index in [1.165, 1.54) is 111 Å². The summed E-state index contributed by atoms with van der Waals surface area (Å²) >= 11 is 0. The highest BCUT2D eigenvalue weighted by Gasteiger charge is 2.35. The van der Waals surface area contributed by atoms with Gasteiger partial charge >= 0.3 is 0 Å². The normalized spacial score (nSPS) is 13.1. The molecule has 0 N–H and O–H groups in total. The van der Waals surface area contributed by atoms with E-state index < -0.39 is 0 Å². The lowest BCUT2D eigenvalue weighted by atomic mass is 9.93. The standard InChI is InChI=1S/C42H60N2/c1-5-9-13-15-17-21-31-39-40(32-22-18-16-14-10-6-2)42(38-30-24-28-36(34-38)26-20-12-8-4)44(43)41(39)37-29-23-27-35(33-37)25-19-11-7-3/h23-24,27-30,33-34H,5-21,25-26,31H2,1-4H3. The average molecular weight is 593 g/mol. The van der Waals surface area contributed by atoms with Gasteiger partial charge in [-0.15, -0.1) is 0 Å². The lowest BCUT2D eigenvalue weighted by Gasteiger charge is -2.11. The summed E-state index contributed by atoms with van der Waals surface area (Å²) in [7, 11) is 0. The van der Waals surface area contributed by atoms with E-state index in [-0.39, 0.29) is 0 Å².